The SMILES string of the molecule is O=C1CS[C@@H](c2ccc(F)cc2)c2c(n(C3CCCCC3)[nH]c2=O)N1. The third kappa shape index (κ3) is 3.13. The van der Waals surface area contributed by atoms with Crippen molar-refractivity contribution >= 4 is 23.5 Å². The number of thioether (sulfide) groups is 1. The average Bonchev–Trinajstić information content (AvgIpc) is 2.83. The Hall–Kier alpha value is -2.02. The first-order valence-electron chi connectivity index (χ1n) is 8.65. The van der Waals surface area contributed by atoms with Gasteiger partial charge in [-0.25, -0.2) is 4.39 Å². The number of fused-ring (bicyclic) bond motifs is 1. The summed E-state index contributed by atoms with van der Waals surface area (Å²) in [5.74, 6) is 0.423. The zero-order valence-electron chi connectivity index (χ0n) is 13.8. The Labute approximate surface area is 149 Å². The van der Waals surface area contributed by atoms with E-state index in [-0.39, 0.29) is 34.3 Å². The van der Waals surface area contributed by atoms with Crippen molar-refractivity contribution < 1.29 is 9.18 Å². The number of hydrogen-bond acceptors (Lipinski definition) is 3. The molecule has 1 aliphatic carbocycles. The number of aromatic nitrogens is 2. The lowest BCUT2D eigenvalue weighted by atomic mass is 9.95. The number of carbonyl (C=O) groups is 1. The van der Waals surface area contributed by atoms with Crippen molar-refractivity contribution in [2.75, 3.05) is 11.1 Å². The van der Waals surface area contributed by atoms with Crippen molar-refractivity contribution in [3.05, 3.63) is 51.6 Å². The van der Waals surface area contributed by atoms with Gasteiger partial charge in [0.1, 0.15) is 11.6 Å². The van der Waals surface area contributed by atoms with E-state index in [1.54, 1.807) is 12.1 Å². The summed E-state index contributed by atoms with van der Waals surface area (Å²) >= 11 is 1.40. The van der Waals surface area contributed by atoms with E-state index < -0.39 is 0 Å². The molecule has 2 aromatic rings. The zero-order valence-corrected chi connectivity index (χ0v) is 14.6. The Kier molecular flexibility index (Phi) is 4.41. The Bertz CT molecular complexity index is 837. The molecule has 1 atom stereocenters. The molecule has 1 saturated carbocycles. The maximum atomic E-state index is 13.3. The second-order valence-corrected chi connectivity index (χ2v) is 7.75. The zero-order chi connectivity index (χ0) is 17.4. The van der Waals surface area contributed by atoms with Crippen LogP contribution in [0.3, 0.4) is 0 Å². The van der Waals surface area contributed by atoms with Gasteiger partial charge in [0.15, 0.2) is 0 Å². The summed E-state index contributed by atoms with van der Waals surface area (Å²) in [4.78, 5) is 24.9. The average molecular weight is 361 g/mol. The van der Waals surface area contributed by atoms with Gasteiger partial charge >= 0.3 is 0 Å². The Balaban J connectivity index is 1.81. The van der Waals surface area contributed by atoms with Crippen LogP contribution >= 0.6 is 11.8 Å². The molecule has 1 fully saturated rings. The maximum absolute atomic E-state index is 13.3. The van der Waals surface area contributed by atoms with E-state index in [4.69, 9.17) is 0 Å². The maximum Gasteiger partial charge on any atom is 0.270 e. The molecule has 5 nitrogen and oxygen atoms in total. The van der Waals surface area contributed by atoms with Crippen molar-refractivity contribution in [2.24, 2.45) is 0 Å². The highest BCUT2D eigenvalue weighted by atomic mass is 32.2. The van der Waals surface area contributed by atoms with E-state index in [1.165, 1.54) is 30.3 Å². The number of hydrogen-bond donors (Lipinski definition) is 2. The number of nitrogens with one attached hydrogen (secondary N) is 2. The summed E-state index contributed by atoms with van der Waals surface area (Å²) in [5, 5.41) is 5.57. The molecular formula is C18H20FN3O2S. The normalized spacial score (nSPS) is 21.5. The van der Waals surface area contributed by atoms with Crippen molar-refractivity contribution in [1.82, 2.24) is 9.78 Å². The molecule has 0 unspecified atom stereocenters. The lowest BCUT2D eigenvalue weighted by Crippen LogP contribution is -2.21. The minimum Gasteiger partial charge on any atom is -0.310 e. The third-order valence-electron chi connectivity index (χ3n) is 4.98. The smallest absolute Gasteiger partial charge is 0.270 e. The molecule has 1 aromatic heterocycles. The van der Waals surface area contributed by atoms with Crippen LogP contribution in [-0.4, -0.2) is 21.4 Å². The summed E-state index contributed by atoms with van der Waals surface area (Å²) < 4.78 is 15.1. The molecule has 7 heteroatoms. The Morgan fingerprint density at radius 1 is 1.08 bits per heavy atom. The van der Waals surface area contributed by atoms with Crippen LogP contribution in [0.15, 0.2) is 29.1 Å². The molecular weight excluding hydrogens is 341 g/mol. The van der Waals surface area contributed by atoms with E-state index in [2.05, 4.69) is 10.4 Å². The number of benzene rings is 1. The quantitative estimate of drug-likeness (QED) is 0.859. The van der Waals surface area contributed by atoms with Gasteiger partial charge in [-0.3, -0.25) is 19.4 Å². The highest BCUT2D eigenvalue weighted by Gasteiger charge is 2.32. The first-order chi connectivity index (χ1) is 12.1. The number of rotatable bonds is 2. The lowest BCUT2D eigenvalue weighted by molar-refractivity contribution is -0.113. The number of amides is 1. The highest BCUT2D eigenvalue weighted by Crippen LogP contribution is 2.41. The molecule has 0 saturated heterocycles. The summed E-state index contributed by atoms with van der Waals surface area (Å²) in [7, 11) is 0. The topological polar surface area (TPSA) is 66.9 Å². The third-order valence-corrected chi connectivity index (χ3v) is 6.25. The predicted molar refractivity (Wildman–Crippen MR) is 96.5 cm³/mol. The fraction of sp³-hybridized carbons (Fsp3) is 0.444. The number of H-pyrrole nitrogens is 1. The summed E-state index contributed by atoms with van der Waals surface area (Å²) in [6, 6.07) is 6.36. The number of carbonyl (C=O) groups excluding carboxylic acids is 1. The molecule has 132 valence electrons. The second-order valence-electron chi connectivity index (χ2n) is 6.66. The molecule has 0 bridgehead atoms. The van der Waals surface area contributed by atoms with Gasteiger partial charge in [-0.15, -0.1) is 11.8 Å². The molecule has 1 aliphatic heterocycles. The molecule has 25 heavy (non-hydrogen) atoms. The minimum atomic E-state index is -0.314. The first kappa shape index (κ1) is 16.4. The van der Waals surface area contributed by atoms with Gasteiger partial charge in [0.2, 0.25) is 5.91 Å². The van der Waals surface area contributed by atoms with Gasteiger partial charge in [0, 0.05) is 0 Å². The van der Waals surface area contributed by atoms with Gasteiger partial charge in [-0.1, -0.05) is 31.4 Å². The van der Waals surface area contributed by atoms with Gasteiger partial charge in [-0.05, 0) is 30.5 Å². The van der Waals surface area contributed by atoms with Gasteiger partial charge in [0.05, 0.1) is 22.6 Å². The van der Waals surface area contributed by atoms with Crippen molar-refractivity contribution in [3.8, 4) is 0 Å². The van der Waals surface area contributed by atoms with E-state index in [0.29, 0.717) is 11.4 Å². The summed E-state index contributed by atoms with van der Waals surface area (Å²) in [5.41, 5.74) is 1.22. The fourth-order valence-corrected chi connectivity index (χ4v) is 4.88. The number of nitrogens with zero attached hydrogens (tertiary/aromatic N) is 1. The standard InChI is InChI=1S/C18H20FN3O2S/c19-12-8-6-11(7-9-12)16-15-17(20-14(23)10-25-16)22(21-18(15)24)13-4-2-1-3-5-13/h6-9,13,16H,1-5,10H2,(H,20,23)(H,21,24)/t16-/m0/s1. The van der Waals surface area contributed by atoms with Crippen LogP contribution in [0, 0.1) is 5.82 Å². The van der Waals surface area contributed by atoms with Crippen LogP contribution in [-0.2, 0) is 4.79 Å². The lowest BCUT2D eigenvalue weighted by Gasteiger charge is -2.24. The molecule has 0 radical (unpaired) electrons. The van der Waals surface area contributed by atoms with E-state index in [1.807, 2.05) is 4.68 Å². The monoisotopic (exact) mass is 361 g/mol. The van der Waals surface area contributed by atoms with Crippen LogP contribution in [0.25, 0.3) is 0 Å². The molecule has 2 heterocycles. The fourth-order valence-electron chi connectivity index (χ4n) is 3.76. The largest absolute Gasteiger partial charge is 0.310 e. The molecule has 1 amide bonds. The van der Waals surface area contributed by atoms with Gasteiger partial charge < -0.3 is 5.32 Å². The van der Waals surface area contributed by atoms with Crippen molar-refractivity contribution in [2.45, 2.75) is 43.4 Å². The van der Waals surface area contributed by atoms with Crippen molar-refractivity contribution in [3.63, 3.8) is 0 Å². The van der Waals surface area contributed by atoms with Crippen LogP contribution in [0.4, 0.5) is 10.2 Å². The van der Waals surface area contributed by atoms with Crippen molar-refractivity contribution in [1.29, 1.82) is 0 Å². The molecule has 4 rings (SSSR count). The van der Waals surface area contributed by atoms with Crippen LogP contribution in [0.5, 0.6) is 0 Å². The second kappa shape index (κ2) is 6.71. The molecule has 2 N–H and O–H groups in total. The predicted octanol–water partition coefficient (Wildman–Crippen LogP) is 3.60. The number of anilines is 1. The Morgan fingerprint density at radius 2 is 1.80 bits per heavy atom. The van der Waals surface area contributed by atoms with Gasteiger partial charge in [-0.2, -0.15) is 0 Å². The molecule has 1 aromatic carbocycles. The summed E-state index contributed by atoms with van der Waals surface area (Å²) in [6.07, 6.45) is 5.47. The Morgan fingerprint density at radius 3 is 2.52 bits per heavy atom. The van der Waals surface area contributed by atoms with Gasteiger partial charge in [0.25, 0.3) is 5.56 Å². The number of halogens is 1. The number of aromatic amines is 1. The van der Waals surface area contributed by atoms with Crippen LogP contribution in [0.2, 0.25) is 0 Å². The highest BCUT2D eigenvalue weighted by molar-refractivity contribution is 8.00. The summed E-state index contributed by atoms with van der Waals surface area (Å²) in [6.45, 7) is 0. The first-order valence-corrected chi connectivity index (χ1v) is 9.69. The van der Waals surface area contributed by atoms with E-state index in [0.717, 1.165) is 31.2 Å². The molecule has 0 spiro atoms. The van der Waals surface area contributed by atoms with E-state index in [9.17, 15) is 14.0 Å². The minimum absolute atomic E-state index is 0.112. The van der Waals surface area contributed by atoms with Crippen LogP contribution < -0.4 is 10.9 Å². The van der Waals surface area contributed by atoms with Crippen LogP contribution in [0.1, 0.15) is 54.5 Å². The molecule has 2 aliphatic rings. The van der Waals surface area contributed by atoms with E-state index >= 15 is 0 Å².